The van der Waals surface area contributed by atoms with Gasteiger partial charge in [-0.25, -0.2) is 0 Å². The maximum Gasteiger partial charge on any atom is 0.184 e. The van der Waals surface area contributed by atoms with Crippen molar-refractivity contribution < 1.29 is 23.7 Å². The van der Waals surface area contributed by atoms with Gasteiger partial charge in [0, 0.05) is 17.6 Å². The lowest BCUT2D eigenvalue weighted by atomic mass is 9.98. The molecule has 5 atom stereocenters. The van der Waals surface area contributed by atoms with Crippen LogP contribution >= 0.6 is 0 Å². The summed E-state index contributed by atoms with van der Waals surface area (Å²) in [7, 11) is 1.38. The monoisotopic (exact) mass is 305 g/mol. The zero-order valence-electron chi connectivity index (χ0n) is 11.9. The minimum atomic E-state index is -1.06. The summed E-state index contributed by atoms with van der Waals surface area (Å²) in [5.41, 5.74) is 9.41. The van der Waals surface area contributed by atoms with E-state index < -0.39 is 30.8 Å². The molecular formula is C14H15N3O5. The Morgan fingerprint density at radius 3 is 2.77 bits per heavy atom. The second kappa shape index (κ2) is 6.43. The van der Waals surface area contributed by atoms with Gasteiger partial charge < -0.3 is 18.9 Å². The number of nitrogens with zero attached hydrogens (tertiary/aromatic N) is 3. The van der Waals surface area contributed by atoms with Crippen molar-refractivity contribution in [1.82, 2.24) is 0 Å². The second-order valence-electron chi connectivity index (χ2n) is 4.96. The average Bonchev–Trinajstić information content (AvgIpc) is 2.58. The number of ketones is 1. The van der Waals surface area contributed by atoms with Crippen LogP contribution in [-0.4, -0.2) is 44.0 Å². The molecule has 0 aliphatic carbocycles. The fourth-order valence-electron chi connectivity index (χ4n) is 2.58. The zero-order chi connectivity index (χ0) is 15.5. The Kier molecular flexibility index (Phi) is 4.37. The van der Waals surface area contributed by atoms with Crippen LogP contribution < -0.4 is 0 Å². The van der Waals surface area contributed by atoms with Crippen LogP contribution in [0.5, 0.6) is 0 Å². The third-order valence-electron chi connectivity index (χ3n) is 3.64. The van der Waals surface area contributed by atoms with E-state index in [-0.39, 0.29) is 12.4 Å². The number of Topliss-reactive ketones (excluding diaryl/α,β-unsaturated/α-hetero) is 1. The fraction of sp³-hybridized carbons (Fsp3) is 0.500. The molecule has 8 nitrogen and oxygen atoms in total. The number of carbonyl (C=O) groups is 1. The van der Waals surface area contributed by atoms with Crippen molar-refractivity contribution in [3.05, 3.63) is 46.3 Å². The number of fused-ring (bicyclic) bond motifs is 1. The first kappa shape index (κ1) is 15.0. The van der Waals surface area contributed by atoms with Crippen molar-refractivity contribution in [3.63, 3.8) is 0 Å². The van der Waals surface area contributed by atoms with Gasteiger partial charge in [-0.1, -0.05) is 35.4 Å². The molecule has 22 heavy (non-hydrogen) atoms. The zero-order valence-corrected chi connectivity index (χ0v) is 11.9. The van der Waals surface area contributed by atoms with Gasteiger partial charge in [-0.2, -0.15) is 0 Å². The standard InChI is InChI=1S/C14H15N3O5/c1-19-14-10(16-17-15)11(18)12-9(21-14)7-20-13(22-12)8-5-3-2-4-6-8/h2-6,9-10,12-14H,7H2,1H3/t9-,10-,12+,13-,14-/m0/s1. The number of hydrogen-bond donors (Lipinski definition) is 0. The summed E-state index contributed by atoms with van der Waals surface area (Å²) in [4.78, 5) is 15.2. The first-order valence-corrected chi connectivity index (χ1v) is 6.83. The van der Waals surface area contributed by atoms with E-state index in [2.05, 4.69) is 10.0 Å². The molecule has 1 aromatic rings. The van der Waals surface area contributed by atoms with Crippen LogP contribution in [0.25, 0.3) is 10.4 Å². The van der Waals surface area contributed by atoms with Crippen LogP contribution in [0.1, 0.15) is 11.9 Å². The molecular weight excluding hydrogens is 290 g/mol. The molecule has 0 bridgehead atoms. The number of benzene rings is 1. The van der Waals surface area contributed by atoms with E-state index in [1.54, 1.807) is 0 Å². The van der Waals surface area contributed by atoms with E-state index in [0.717, 1.165) is 5.56 Å². The first-order valence-electron chi connectivity index (χ1n) is 6.83. The lowest BCUT2D eigenvalue weighted by molar-refractivity contribution is -0.301. The van der Waals surface area contributed by atoms with Crippen molar-refractivity contribution in [2.75, 3.05) is 13.7 Å². The molecule has 2 aliphatic heterocycles. The molecule has 1 aromatic carbocycles. The topological polar surface area (TPSA) is 103 Å². The lowest BCUT2D eigenvalue weighted by Gasteiger charge is -2.42. The Morgan fingerprint density at radius 2 is 2.09 bits per heavy atom. The molecule has 2 saturated heterocycles. The highest BCUT2D eigenvalue weighted by molar-refractivity contribution is 5.90. The van der Waals surface area contributed by atoms with E-state index in [4.69, 9.17) is 24.5 Å². The number of azide groups is 1. The number of methoxy groups -OCH3 is 1. The Hall–Kier alpha value is -1.96. The molecule has 2 heterocycles. The number of rotatable bonds is 3. The third kappa shape index (κ3) is 2.70. The maximum absolute atomic E-state index is 12.5. The summed E-state index contributed by atoms with van der Waals surface area (Å²) in [5, 5.41) is 3.47. The molecule has 2 aliphatic rings. The number of hydrogen-bond acceptors (Lipinski definition) is 6. The molecule has 0 unspecified atom stereocenters. The van der Waals surface area contributed by atoms with E-state index >= 15 is 0 Å². The Labute approximate surface area is 126 Å². The van der Waals surface area contributed by atoms with Crippen molar-refractivity contribution in [3.8, 4) is 0 Å². The SMILES string of the molecule is CO[C@H]1O[C@H]2CO[C@H](c3ccccc3)O[C@H]2C(=O)[C@@H]1N=[N+]=[N-]. The minimum Gasteiger partial charge on any atom is -0.355 e. The molecule has 116 valence electrons. The summed E-state index contributed by atoms with van der Waals surface area (Å²) >= 11 is 0. The van der Waals surface area contributed by atoms with Crippen LogP contribution in [0, 0.1) is 0 Å². The van der Waals surface area contributed by atoms with E-state index in [1.165, 1.54) is 7.11 Å². The maximum atomic E-state index is 12.5. The van der Waals surface area contributed by atoms with Gasteiger partial charge in [0.25, 0.3) is 0 Å². The molecule has 0 N–H and O–H groups in total. The van der Waals surface area contributed by atoms with Gasteiger partial charge in [0.05, 0.1) is 6.61 Å². The normalized spacial score (nSPS) is 34.6. The van der Waals surface area contributed by atoms with Crippen LogP contribution in [0.3, 0.4) is 0 Å². The van der Waals surface area contributed by atoms with Gasteiger partial charge in [0.1, 0.15) is 18.2 Å². The van der Waals surface area contributed by atoms with E-state index in [0.29, 0.717) is 0 Å². The molecule has 0 radical (unpaired) electrons. The van der Waals surface area contributed by atoms with Crippen molar-refractivity contribution in [1.29, 1.82) is 0 Å². The Balaban J connectivity index is 1.80. The van der Waals surface area contributed by atoms with Crippen LogP contribution in [0.4, 0.5) is 0 Å². The first-order chi connectivity index (χ1) is 10.7. The van der Waals surface area contributed by atoms with Crippen molar-refractivity contribution in [2.24, 2.45) is 5.11 Å². The predicted octanol–water partition coefficient (Wildman–Crippen LogP) is 1.72. The predicted molar refractivity (Wildman–Crippen MR) is 73.6 cm³/mol. The van der Waals surface area contributed by atoms with Crippen molar-refractivity contribution in [2.45, 2.75) is 30.8 Å². The molecule has 0 amide bonds. The largest absolute Gasteiger partial charge is 0.355 e. The Bertz CT molecular complexity index is 589. The molecule has 0 spiro atoms. The molecule has 0 aromatic heterocycles. The summed E-state index contributed by atoms with van der Waals surface area (Å²) < 4.78 is 22.0. The second-order valence-corrected chi connectivity index (χ2v) is 4.96. The highest BCUT2D eigenvalue weighted by Gasteiger charge is 2.49. The minimum absolute atomic E-state index is 0.193. The lowest BCUT2D eigenvalue weighted by Crippen LogP contribution is -2.59. The van der Waals surface area contributed by atoms with Gasteiger partial charge in [0.2, 0.25) is 0 Å². The van der Waals surface area contributed by atoms with Gasteiger partial charge in [-0.05, 0) is 5.53 Å². The molecule has 8 heteroatoms. The van der Waals surface area contributed by atoms with Gasteiger partial charge in [0.15, 0.2) is 18.4 Å². The molecule has 2 fully saturated rings. The highest BCUT2D eigenvalue weighted by atomic mass is 16.7. The number of carbonyl (C=O) groups excluding carboxylic acids is 1. The smallest absolute Gasteiger partial charge is 0.184 e. The van der Waals surface area contributed by atoms with Crippen LogP contribution in [0.15, 0.2) is 35.4 Å². The van der Waals surface area contributed by atoms with Gasteiger partial charge in [-0.15, -0.1) is 0 Å². The van der Waals surface area contributed by atoms with E-state index in [1.807, 2.05) is 30.3 Å². The number of ether oxygens (including phenoxy) is 4. The summed E-state index contributed by atoms with van der Waals surface area (Å²) in [6, 6.07) is 8.23. The van der Waals surface area contributed by atoms with Crippen LogP contribution in [0.2, 0.25) is 0 Å². The molecule has 0 saturated carbocycles. The third-order valence-corrected chi connectivity index (χ3v) is 3.64. The fourth-order valence-corrected chi connectivity index (χ4v) is 2.58. The average molecular weight is 305 g/mol. The van der Waals surface area contributed by atoms with Crippen molar-refractivity contribution >= 4 is 5.78 Å². The van der Waals surface area contributed by atoms with Gasteiger partial charge in [-0.3, -0.25) is 4.79 Å². The van der Waals surface area contributed by atoms with E-state index in [9.17, 15) is 4.79 Å². The Morgan fingerprint density at radius 1 is 1.32 bits per heavy atom. The summed E-state index contributed by atoms with van der Waals surface area (Å²) in [6.45, 7) is 0.193. The highest BCUT2D eigenvalue weighted by Crippen LogP contribution is 2.33. The summed E-state index contributed by atoms with van der Waals surface area (Å²) in [5.74, 6) is -0.356. The summed E-state index contributed by atoms with van der Waals surface area (Å²) in [6.07, 6.45) is -3.01. The van der Waals surface area contributed by atoms with Crippen LogP contribution in [-0.2, 0) is 23.7 Å². The quantitative estimate of drug-likeness (QED) is 0.480. The van der Waals surface area contributed by atoms with Gasteiger partial charge >= 0.3 is 0 Å². The molecule has 3 rings (SSSR count).